The first-order valence-corrected chi connectivity index (χ1v) is 11.3. The van der Waals surface area contributed by atoms with Crippen LogP contribution in [0.25, 0.3) is 0 Å². The summed E-state index contributed by atoms with van der Waals surface area (Å²) in [6, 6.07) is 5.98. The Hall–Kier alpha value is -1.84. The van der Waals surface area contributed by atoms with Gasteiger partial charge in [-0.1, -0.05) is 58.4 Å². The van der Waals surface area contributed by atoms with Gasteiger partial charge in [0.15, 0.2) is 0 Å². The predicted molar refractivity (Wildman–Crippen MR) is 116 cm³/mol. The van der Waals surface area contributed by atoms with Crippen molar-refractivity contribution in [2.75, 3.05) is 13.1 Å². The minimum absolute atomic E-state index is 0.0197. The second-order valence-electron chi connectivity index (χ2n) is 8.09. The number of aryl methyl sites for hydroxylation is 1. The van der Waals surface area contributed by atoms with Crippen molar-refractivity contribution in [3.05, 3.63) is 34.9 Å². The molecule has 4 heteroatoms. The summed E-state index contributed by atoms with van der Waals surface area (Å²) in [5.41, 5.74) is 3.19. The fourth-order valence-corrected chi connectivity index (χ4v) is 3.88. The first-order chi connectivity index (χ1) is 13.7. The Morgan fingerprint density at radius 3 is 2.25 bits per heavy atom. The summed E-state index contributed by atoms with van der Waals surface area (Å²) in [6.07, 6.45) is 11.9. The van der Waals surface area contributed by atoms with Crippen LogP contribution in [-0.4, -0.2) is 24.9 Å². The molecule has 1 aromatic rings. The van der Waals surface area contributed by atoms with Gasteiger partial charge < -0.3 is 10.6 Å². The van der Waals surface area contributed by atoms with E-state index in [0.29, 0.717) is 0 Å². The maximum absolute atomic E-state index is 12.4. The molecule has 0 saturated heterocycles. The van der Waals surface area contributed by atoms with Crippen LogP contribution in [0, 0.1) is 5.92 Å². The lowest BCUT2D eigenvalue weighted by Crippen LogP contribution is -2.34. The van der Waals surface area contributed by atoms with E-state index in [1.807, 2.05) is 18.2 Å². The van der Waals surface area contributed by atoms with E-state index in [4.69, 9.17) is 0 Å². The Morgan fingerprint density at radius 2 is 1.57 bits per heavy atom. The molecule has 1 aliphatic rings. The number of amides is 2. The van der Waals surface area contributed by atoms with Crippen molar-refractivity contribution in [2.45, 2.75) is 84.5 Å². The van der Waals surface area contributed by atoms with Crippen LogP contribution >= 0.6 is 0 Å². The van der Waals surface area contributed by atoms with Crippen LogP contribution in [0.5, 0.6) is 0 Å². The van der Waals surface area contributed by atoms with Gasteiger partial charge in [-0.3, -0.25) is 9.59 Å². The molecule has 0 aliphatic heterocycles. The number of carbonyl (C=O) groups excluding carboxylic acids is 2. The summed E-state index contributed by atoms with van der Waals surface area (Å²) >= 11 is 0. The highest BCUT2D eigenvalue weighted by Gasteiger charge is 2.25. The number of benzene rings is 1. The minimum Gasteiger partial charge on any atom is -0.356 e. The Bertz CT molecular complexity index is 627. The second kappa shape index (κ2) is 12.6. The largest absolute Gasteiger partial charge is 0.356 e. The summed E-state index contributed by atoms with van der Waals surface area (Å²) in [6.45, 7) is 5.92. The van der Waals surface area contributed by atoms with Crippen LogP contribution in [0.3, 0.4) is 0 Å². The molecule has 0 saturated carbocycles. The third-order valence-corrected chi connectivity index (χ3v) is 5.71. The maximum Gasteiger partial charge on any atom is 0.251 e. The highest BCUT2D eigenvalue weighted by Crippen LogP contribution is 2.26. The minimum atomic E-state index is 0.0197. The molecule has 0 bridgehead atoms. The Balaban J connectivity index is 1.79. The number of unbranched alkanes of at least 4 members (excludes halogenated alkanes) is 6. The SMILES string of the molecule is CCCCCCNC(=O)c1ccc2c(c1)CCC(C(=O)NCCCCCC)C2. The van der Waals surface area contributed by atoms with Crippen LogP contribution in [0.15, 0.2) is 18.2 Å². The monoisotopic (exact) mass is 386 g/mol. The van der Waals surface area contributed by atoms with Gasteiger partial charge in [0, 0.05) is 24.6 Å². The standard InChI is InChI=1S/C24H38N2O2/c1-3-5-7-9-15-25-23(27)21-13-11-20-18-22(14-12-19(20)17-21)24(28)26-16-10-8-6-4-2/h11,13,17,22H,3-10,12,14-16,18H2,1-2H3,(H,25,27)(H,26,28). The molecule has 1 atom stereocenters. The topological polar surface area (TPSA) is 58.2 Å². The smallest absolute Gasteiger partial charge is 0.251 e. The number of nitrogens with one attached hydrogen (secondary N) is 2. The fourth-order valence-electron chi connectivity index (χ4n) is 3.88. The average Bonchev–Trinajstić information content (AvgIpc) is 2.72. The zero-order valence-corrected chi connectivity index (χ0v) is 17.8. The van der Waals surface area contributed by atoms with Crippen molar-refractivity contribution >= 4 is 11.8 Å². The molecule has 2 N–H and O–H groups in total. The predicted octanol–water partition coefficient (Wildman–Crippen LogP) is 4.80. The molecule has 0 radical (unpaired) electrons. The van der Waals surface area contributed by atoms with Crippen molar-refractivity contribution in [2.24, 2.45) is 5.92 Å². The molecule has 1 aromatic carbocycles. The maximum atomic E-state index is 12.4. The number of hydrogen-bond donors (Lipinski definition) is 2. The summed E-state index contributed by atoms with van der Waals surface area (Å²) in [5, 5.41) is 6.13. The van der Waals surface area contributed by atoms with Gasteiger partial charge in [-0.2, -0.15) is 0 Å². The van der Waals surface area contributed by atoms with Crippen LogP contribution in [0.4, 0.5) is 0 Å². The van der Waals surface area contributed by atoms with Crippen molar-refractivity contribution in [3.8, 4) is 0 Å². The van der Waals surface area contributed by atoms with E-state index in [1.54, 1.807) is 0 Å². The molecule has 1 unspecified atom stereocenters. The molecule has 2 amide bonds. The quantitative estimate of drug-likeness (QED) is 0.507. The van der Waals surface area contributed by atoms with Crippen LogP contribution in [0.2, 0.25) is 0 Å². The lowest BCUT2D eigenvalue weighted by atomic mass is 9.82. The van der Waals surface area contributed by atoms with Crippen LogP contribution < -0.4 is 10.6 Å². The highest BCUT2D eigenvalue weighted by atomic mass is 16.2. The molecule has 0 fully saturated rings. The molecule has 28 heavy (non-hydrogen) atoms. The molecule has 0 spiro atoms. The van der Waals surface area contributed by atoms with Crippen molar-refractivity contribution < 1.29 is 9.59 Å². The lowest BCUT2D eigenvalue weighted by molar-refractivity contribution is -0.125. The first-order valence-electron chi connectivity index (χ1n) is 11.3. The fraction of sp³-hybridized carbons (Fsp3) is 0.667. The normalized spacial score (nSPS) is 15.7. The van der Waals surface area contributed by atoms with Gasteiger partial charge in [-0.25, -0.2) is 0 Å². The van der Waals surface area contributed by atoms with E-state index in [9.17, 15) is 9.59 Å². The van der Waals surface area contributed by atoms with Crippen molar-refractivity contribution in [1.82, 2.24) is 10.6 Å². The van der Waals surface area contributed by atoms with Crippen LogP contribution in [-0.2, 0) is 17.6 Å². The highest BCUT2D eigenvalue weighted by molar-refractivity contribution is 5.94. The average molecular weight is 387 g/mol. The summed E-state index contributed by atoms with van der Waals surface area (Å²) < 4.78 is 0. The molecular formula is C24H38N2O2. The molecular weight excluding hydrogens is 348 g/mol. The van der Waals surface area contributed by atoms with Gasteiger partial charge in [-0.05, 0) is 55.4 Å². The van der Waals surface area contributed by atoms with Gasteiger partial charge in [0.25, 0.3) is 5.91 Å². The van der Waals surface area contributed by atoms with Gasteiger partial charge in [0.1, 0.15) is 0 Å². The van der Waals surface area contributed by atoms with Gasteiger partial charge in [0.2, 0.25) is 5.91 Å². The third kappa shape index (κ3) is 7.29. The number of fused-ring (bicyclic) bond motifs is 1. The lowest BCUT2D eigenvalue weighted by Gasteiger charge is -2.24. The zero-order chi connectivity index (χ0) is 20.2. The summed E-state index contributed by atoms with van der Waals surface area (Å²) in [4.78, 5) is 24.8. The zero-order valence-electron chi connectivity index (χ0n) is 17.8. The van der Waals surface area contributed by atoms with Gasteiger partial charge >= 0.3 is 0 Å². The van der Waals surface area contributed by atoms with E-state index in [1.165, 1.54) is 49.7 Å². The van der Waals surface area contributed by atoms with E-state index >= 15 is 0 Å². The molecule has 4 nitrogen and oxygen atoms in total. The van der Waals surface area contributed by atoms with E-state index in [2.05, 4.69) is 24.5 Å². The number of carbonyl (C=O) groups is 2. The number of hydrogen-bond acceptors (Lipinski definition) is 2. The molecule has 0 heterocycles. The molecule has 156 valence electrons. The molecule has 1 aliphatic carbocycles. The van der Waals surface area contributed by atoms with Gasteiger partial charge in [-0.15, -0.1) is 0 Å². The first kappa shape index (κ1) is 22.4. The van der Waals surface area contributed by atoms with E-state index in [0.717, 1.165) is 50.8 Å². The summed E-state index contributed by atoms with van der Waals surface area (Å²) in [5.74, 6) is 0.277. The number of rotatable bonds is 12. The molecule has 2 rings (SSSR count). The summed E-state index contributed by atoms with van der Waals surface area (Å²) in [7, 11) is 0. The Morgan fingerprint density at radius 1 is 0.893 bits per heavy atom. The van der Waals surface area contributed by atoms with Crippen LogP contribution in [0.1, 0.15) is 93.1 Å². The second-order valence-corrected chi connectivity index (χ2v) is 8.09. The van der Waals surface area contributed by atoms with Gasteiger partial charge in [0.05, 0.1) is 0 Å². The van der Waals surface area contributed by atoms with Crippen molar-refractivity contribution in [3.63, 3.8) is 0 Å². The van der Waals surface area contributed by atoms with E-state index in [-0.39, 0.29) is 17.7 Å². The Kier molecular flexibility index (Phi) is 10.1. The van der Waals surface area contributed by atoms with E-state index < -0.39 is 0 Å². The van der Waals surface area contributed by atoms with Crippen molar-refractivity contribution in [1.29, 1.82) is 0 Å². The Labute approximate surface area is 170 Å². The third-order valence-electron chi connectivity index (χ3n) is 5.71. The molecule has 0 aromatic heterocycles.